The van der Waals surface area contributed by atoms with Crippen LogP contribution in [-0.4, -0.2) is 133 Å². The number of phenols is 1. The van der Waals surface area contributed by atoms with Gasteiger partial charge < -0.3 is 59.2 Å². The maximum absolute atomic E-state index is 12.4. The zero-order valence-electron chi connectivity index (χ0n) is 72.1. The second-order valence-corrected chi connectivity index (χ2v) is 30.8. The number of H-pyrrole nitrogens is 4. The number of nitrogens with one attached hydrogen (secondary N) is 4. The van der Waals surface area contributed by atoms with Gasteiger partial charge in [0, 0.05) is 26.8 Å². The molecule has 2 saturated heterocycles. The fourth-order valence-corrected chi connectivity index (χ4v) is 12.9. The number of esters is 3. The van der Waals surface area contributed by atoms with Crippen molar-refractivity contribution in [1.29, 1.82) is 21.0 Å². The van der Waals surface area contributed by atoms with Gasteiger partial charge in [-0.2, -0.15) is 87.3 Å². The van der Waals surface area contributed by atoms with Crippen molar-refractivity contribution >= 4 is 104 Å². The molecule has 15 rings (SSSR count). The van der Waals surface area contributed by atoms with Gasteiger partial charge in [0.15, 0.2) is 56.3 Å². The minimum Gasteiger partial charge on any atom is -0.507 e. The van der Waals surface area contributed by atoms with Gasteiger partial charge in [0.1, 0.15) is 68.6 Å². The summed E-state index contributed by atoms with van der Waals surface area (Å²) in [5.41, 5.74) is 9.53. The van der Waals surface area contributed by atoms with E-state index in [1.54, 1.807) is 121 Å². The van der Waals surface area contributed by atoms with Gasteiger partial charge in [-0.1, -0.05) is 195 Å². The first-order valence-electron chi connectivity index (χ1n) is 40.2. The number of aromatic hydroxyl groups is 1. The number of phenolic OH excluding ortho intramolecular Hbond substituents is 1. The molecule has 1 aliphatic carbocycles. The lowest BCUT2D eigenvalue weighted by Gasteiger charge is -2.23. The number of hydrogen-bond acceptors (Lipinski definition) is 31. The Kier molecular flexibility index (Phi) is 50.5. The lowest BCUT2D eigenvalue weighted by molar-refractivity contribution is -0.221. The van der Waals surface area contributed by atoms with E-state index in [1.807, 2.05) is 24.3 Å². The van der Waals surface area contributed by atoms with E-state index in [0.717, 1.165) is 50.9 Å². The molecular formula is C92H88BrCl5F6N18O21. The van der Waals surface area contributed by atoms with Crippen LogP contribution in [0.1, 0.15) is 150 Å². The standard InChI is InChI=1S/C16H14ClN3O3.C11H8ClN3O3.C11H6ClN3O2.C11H9N3O3.C11H7N3O2.C9H15BrO2.C9H10Cl2N2O2.C7H5NO.C4F6O3.3CH4.H2/c17-15-13(23-12-6-2-1-5-11(12)9-18)10-19-20(16(15)21)14-7-3-4-8-22-14;12-9-8(5-14-15-11(9)17)18-7-4-2-1-3-6(7)10(13)16;12-10-9(6-14-15-11(10)16)17-8-4-2-1-3-7(8)5-13;12-11(16)8-3-1-2-4-9(8)17-7-5-10(15)14-13-6-7;12-6-8-3-1-2-4-10(8)16-9-5-11(15)14-13-7-9;1-12-9(11)8(10)6-7-4-2-3-5-7;10-6-5-12-13(9(14)8(6)11)7-3-1-2-4-15-7;8-5-6-3-1-2-4-7(6)9;5-3(6,7)1(11)13-2(12)4(8,9)10;;;;/h1-2,5-6,10,14H,3-4,7-8H2;1-5H,(H2,13,16)(H,15,17);1-4,6H,(H,15,16);1-6H,(H2,12,16)(H,14,15);1-5,7H,(H,14,15);7-8H,2-6H2,1H3;5,7H,1-4H2;1-4,9H;;3*1H4;1H. The number of benzene rings is 6. The number of nitrogens with two attached hydrogens (primary N) is 2. The van der Waals surface area contributed by atoms with Crippen LogP contribution in [0.25, 0.3) is 0 Å². The summed E-state index contributed by atoms with van der Waals surface area (Å²) in [7, 11) is 1.44. The highest BCUT2D eigenvalue weighted by Crippen LogP contribution is 2.35. The van der Waals surface area contributed by atoms with Crippen LogP contribution in [0.4, 0.5) is 26.3 Å². The van der Waals surface area contributed by atoms with E-state index in [2.05, 4.69) is 76.4 Å². The molecule has 143 heavy (non-hydrogen) atoms. The Morgan fingerprint density at radius 1 is 0.469 bits per heavy atom. The second kappa shape index (κ2) is 60.4. The van der Waals surface area contributed by atoms with Gasteiger partial charge >= 0.3 is 30.3 Å². The maximum Gasteiger partial charge on any atom is 0.491 e. The zero-order chi connectivity index (χ0) is 103. The van der Waals surface area contributed by atoms with E-state index in [0.29, 0.717) is 58.5 Å². The minimum atomic E-state index is -5.62. The molecule has 3 unspecified atom stereocenters. The van der Waals surface area contributed by atoms with Crippen molar-refractivity contribution in [3.63, 3.8) is 0 Å². The average Bonchev–Trinajstić information content (AvgIpc) is 1.20. The molecular weight excluding hydrogens is 2060 g/mol. The van der Waals surface area contributed by atoms with E-state index in [-0.39, 0.29) is 128 Å². The summed E-state index contributed by atoms with van der Waals surface area (Å²) in [6.45, 7) is 1.25. The highest BCUT2D eigenvalue weighted by atomic mass is 79.9. The summed E-state index contributed by atoms with van der Waals surface area (Å²) in [5, 5.41) is 74.9. The first-order valence-corrected chi connectivity index (χ1v) is 43.1. The van der Waals surface area contributed by atoms with Crippen molar-refractivity contribution in [2.75, 3.05) is 20.3 Å². The first-order chi connectivity index (χ1) is 66.8. The predicted molar refractivity (Wildman–Crippen MR) is 513 cm³/mol. The molecule has 0 bridgehead atoms. The monoisotopic (exact) mass is 2150 g/mol. The number of halogens is 12. The smallest absolute Gasteiger partial charge is 0.491 e. The lowest BCUT2D eigenvalue weighted by Crippen LogP contribution is -2.34. The number of nitrogens with zero attached hydrogens (tertiary/aromatic N) is 12. The molecule has 6 aromatic carbocycles. The van der Waals surface area contributed by atoms with Crippen LogP contribution < -0.4 is 68.5 Å². The Morgan fingerprint density at radius 3 is 1.19 bits per heavy atom. The molecule has 3 fully saturated rings. The number of alkyl halides is 7. The summed E-state index contributed by atoms with van der Waals surface area (Å²) in [4.78, 5) is 121. The maximum atomic E-state index is 12.4. The number of amides is 2. The largest absolute Gasteiger partial charge is 0.507 e. The van der Waals surface area contributed by atoms with Gasteiger partial charge in [-0.15, -0.1) is 0 Å². The van der Waals surface area contributed by atoms with Crippen molar-refractivity contribution in [3.8, 4) is 87.5 Å². The summed E-state index contributed by atoms with van der Waals surface area (Å²) >= 11 is 32.4. The number of nitriles is 4. The number of rotatable bonds is 17. The van der Waals surface area contributed by atoms with Crippen LogP contribution in [-0.2, 0) is 33.3 Å². The number of hydrogen-bond donors (Lipinski definition) is 7. The van der Waals surface area contributed by atoms with Crippen molar-refractivity contribution in [2.45, 2.75) is 123 Å². The van der Waals surface area contributed by atoms with Gasteiger partial charge in [0.2, 0.25) is 0 Å². The molecule has 6 aromatic heterocycles. The van der Waals surface area contributed by atoms with Crippen molar-refractivity contribution in [2.24, 2.45) is 17.4 Å². The van der Waals surface area contributed by atoms with Gasteiger partial charge in [-0.3, -0.25) is 43.2 Å². The first kappa shape index (κ1) is 120. The van der Waals surface area contributed by atoms with Crippen molar-refractivity contribution < 1.29 is 99.5 Å². The molecule has 0 radical (unpaired) electrons. The van der Waals surface area contributed by atoms with Gasteiger partial charge in [0.25, 0.3) is 45.2 Å². The predicted octanol–water partition coefficient (Wildman–Crippen LogP) is 18.1. The number of aromatic nitrogens is 12. The van der Waals surface area contributed by atoms with E-state index in [9.17, 15) is 79.1 Å². The molecule has 51 heteroatoms. The van der Waals surface area contributed by atoms with Crippen LogP contribution in [0.2, 0.25) is 25.1 Å². The van der Waals surface area contributed by atoms with E-state index in [1.165, 1.54) is 116 Å². The Hall–Kier alpha value is -15.7. The summed E-state index contributed by atoms with van der Waals surface area (Å²) < 4.78 is 115. The Morgan fingerprint density at radius 2 is 0.811 bits per heavy atom. The van der Waals surface area contributed by atoms with E-state index in [4.69, 9.17) is 129 Å². The fourth-order valence-electron chi connectivity index (χ4n) is 11.5. The van der Waals surface area contributed by atoms with Crippen LogP contribution in [0.15, 0.2) is 224 Å². The summed E-state index contributed by atoms with van der Waals surface area (Å²) in [6, 6.07) is 49.7. The molecule has 12 aromatic rings. The number of carbonyl (C=O) groups is 5. The molecule has 8 heterocycles. The highest BCUT2D eigenvalue weighted by molar-refractivity contribution is 9.10. The van der Waals surface area contributed by atoms with E-state index < -0.39 is 64.6 Å². The van der Waals surface area contributed by atoms with Crippen LogP contribution >= 0.6 is 73.9 Å². The highest BCUT2D eigenvalue weighted by Gasteiger charge is 2.49. The molecule has 39 nitrogen and oxygen atoms in total. The van der Waals surface area contributed by atoms with Crippen LogP contribution in [0, 0.1) is 51.2 Å². The zero-order valence-corrected chi connectivity index (χ0v) is 77.5. The minimum absolute atomic E-state index is 0. The number of para-hydroxylation sites is 6. The topological polar surface area (TPSA) is 589 Å². The molecule has 3 aliphatic rings. The third kappa shape index (κ3) is 38.5. The molecule has 756 valence electrons. The molecule has 3 atom stereocenters. The Bertz CT molecular complexity index is 6840. The summed E-state index contributed by atoms with van der Waals surface area (Å²) in [6.07, 6.45) is 7.65. The number of aromatic amines is 4. The number of methoxy groups -OCH3 is 1. The molecule has 2 aliphatic heterocycles. The lowest BCUT2D eigenvalue weighted by atomic mass is 10.0. The Labute approximate surface area is 842 Å². The fraction of sp³-hybridized carbons (Fsp3) is 0.250. The molecule has 0 spiro atoms. The van der Waals surface area contributed by atoms with Crippen molar-refractivity contribution in [3.05, 3.63) is 316 Å². The number of ether oxygens (including phenoxy) is 9. The quantitative estimate of drug-likeness (QED) is 0.0193. The number of carbonyl (C=O) groups excluding carboxylic acids is 5. The van der Waals surface area contributed by atoms with Gasteiger partial charge in [-0.25, -0.2) is 30.0 Å². The van der Waals surface area contributed by atoms with Crippen molar-refractivity contribution in [1.82, 2.24) is 60.4 Å². The average molecular weight is 2150 g/mol. The summed E-state index contributed by atoms with van der Waals surface area (Å²) in [5.74, 6) is -4.65. The Balaban J connectivity index is 0.000000419. The third-order valence-electron chi connectivity index (χ3n) is 18.1. The molecule has 9 N–H and O–H groups in total. The van der Waals surface area contributed by atoms with Crippen LogP contribution in [0.5, 0.6) is 63.2 Å². The van der Waals surface area contributed by atoms with E-state index >= 15 is 0 Å². The van der Waals surface area contributed by atoms with Gasteiger partial charge in [0.05, 0.1) is 82.7 Å². The van der Waals surface area contributed by atoms with Gasteiger partial charge in [-0.05, 0) is 124 Å². The SMILES string of the molecule is C.C.C.COC(=O)C(Br)CC1CCCC1.N#Cc1ccccc1O.N#Cc1ccccc1Oc1cn[nH]c(=O)c1.N#Cc1ccccc1Oc1cn[nH]c(=O)c1Cl.N#Cc1ccccc1Oc1cnn(C2CCCCO2)c(=O)c1Cl.NC(=O)c1ccccc1Oc1cn[nH]c(=O)c1.NC(=O)c1ccccc1Oc1cn[nH]c(=O)c1Cl.O=C(OC(=O)C(F)(F)F)C(F)(F)F.O=c1c(Cl)c(Cl)cnn1C1CCCCO1.[HH]. The number of primary amides is 2. The molecule has 1 saturated carbocycles. The normalized spacial score (nSPS) is 13.1. The molecule has 2 amide bonds. The van der Waals surface area contributed by atoms with Crippen LogP contribution in [0.3, 0.4) is 0 Å². The second-order valence-electron chi connectivity index (χ2n) is 27.8. The third-order valence-corrected chi connectivity index (χ3v) is 20.6.